The van der Waals surface area contributed by atoms with Gasteiger partial charge in [0.05, 0.1) is 0 Å². The fraction of sp³-hybridized carbons (Fsp3) is 0.200. The number of hydrogen-bond donors (Lipinski definition) is 0. The van der Waals surface area contributed by atoms with Crippen molar-refractivity contribution in [3.05, 3.63) is 49.9 Å². The maximum Gasteiger partial charge on any atom is 2.00 e. The summed E-state index contributed by atoms with van der Waals surface area (Å²) in [5.74, 6) is 0. The van der Waals surface area contributed by atoms with E-state index in [-0.39, 0.29) is 39.0 Å². The zero-order valence-electron chi connectivity index (χ0n) is 8.72. The van der Waals surface area contributed by atoms with Crippen molar-refractivity contribution < 1.29 is 39.0 Å². The maximum atomic E-state index is 7.00. The molecule has 0 bridgehead atoms. The van der Waals surface area contributed by atoms with Gasteiger partial charge in [0, 0.05) is 19.5 Å². The SMILES string of the molecule is [CH2-]C.[CH2-]C.[NH-]c1ccccc1.[Zn+2].[Zn]. The summed E-state index contributed by atoms with van der Waals surface area (Å²) < 4.78 is 0. The molecule has 0 saturated heterocycles. The van der Waals surface area contributed by atoms with Crippen LogP contribution in [0.15, 0.2) is 30.3 Å². The Labute approximate surface area is 108 Å². The summed E-state index contributed by atoms with van der Waals surface area (Å²) in [6.07, 6.45) is 0. The molecule has 0 aromatic heterocycles. The van der Waals surface area contributed by atoms with E-state index in [0.29, 0.717) is 5.69 Å². The van der Waals surface area contributed by atoms with Crippen LogP contribution in [0.25, 0.3) is 5.73 Å². The van der Waals surface area contributed by atoms with Crippen molar-refractivity contribution in [2.75, 3.05) is 0 Å². The second-order valence-electron chi connectivity index (χ2n) is 1.37. The molecule has 1 N–H and O–H groups in total. The molecular weight excluding hydrogens is 265 g/mol. The van der Waals surface area contributed by atoms with Crippen molar-refractivity contribution in [1.82, 2.24) is 0 Å². The predicted molar refractivity (Wildman–Crippen MR) is 52.5 cm³/mol. The number of benzene rings is 1. The van der Waals surface area contributed by atoms with E-state index in [4.69, 9.17) is 5.73 Å². The van der Waals surface area contributed by atoms with E-state index >= 15 is 0 Å². The average Bonchev–Trinajstić information content (AvgIpc) is 2.13. The minimum atomic E-state index is 0. The molecule has 1 aromatic carbocycles. The molecule has 0 spiro atoms. The van der Waals surface area contributed by atoms with Crippen molar-refractivity contribution >= 4 is 5.69 Å². The third-order valence-corrected chi connectivity index (χ3v) is 0.774. The van der Waals surface area contributed by atoms with Gasteiger partial charge in [-0.05, 0) is 0 Å². The van der Waals surface area contributed by atoms with Gasteiger partial charge in [0.25, 0.3) is 0 Å². The van der Waals surface area contributed by atoms with E-state index in [0.717, 1.165) is 0 Å². The van der Waals surface area contributed by atoms with Crippen LogP contribution in [0.1, 0.15) is 13.8 Å². The first-order valence-electron chi connectivity index (χ1n) is 3.57. The van der Waals surface area contributed by atoms with Gasteiger partial charge in [-0.15, -0.1) is 5.69 Å². The van der Waals surface area contributed by atoms with Gasteiger partial charge < -0.3 is 19.6 Å². The van der Waals surface area contributed by atoms with Crippen LogP contribution in [-0.2, 0) is 39.0 Å². The minimum absolute atomic E-state index is 0. The molecule has 1 nitrogen and oxygen atoms in total. The normalized spacial score (nSPS) is 5.54. The number of rotatable bonds is 0. The van der Waals surface area contributed by atoms with E-state index in [1.165, 1.54) is 0 Å². The van der Waals surface area contributed by atoms with Gasteiger partial charge in [0.15, 0.2) is 0 Å². The Morgan fingerprint density at radius 1 is 0.923 bits per heavy atom. The molecule has 66 valence electrons. The molecule has 0 aliphatic heterocycles. The summed E-state index contributed by atoms with van der Waals surface area (Å²) in [6, 6.07) is 9.10. The molecular formula is C10H16NZn2-. The van der Waals surface area contributed by atoms with Crippen LogP contribution in [0.2, 0.25) is 0 Å². The average molecular weight is 281 g/mol. The summed E-state index contributed by atoms with van der Waals surface area (Å²) in [5.41, 5.74) is 7.57. The molecule has 0 heterocycles. The minimum Gasteiger partial charge on any atom is -0.699 e. The summed E-state index contributed by atoms with van der Waals surface area (Å²) in [5, 5.41) is 0. The molecule has 0 saturated carbocycles. The van der Waals surface area contributed by atoms with Gasteiger partial charge >= 0.3 is 19.5 Å². The standard InChI is InChI=1S/C6H6N.2C2H5.2Zn/c7-6-4-2-1-3-5-6;2*1-2;;/h1-5,7H;2*1H2,2H3;;/q3*-1;;+2. The molecule has 0 atom stereocenters. The largest absolute Gasteiger partial charge is 2.00 e. The molecule has 13 heavy (non-hydrogen) atoms. The number of nitrogens with one attached hydrogen (secondary N) is 1. The topological polar surface area (TPSA) is 23.8 Å². The van der Waals surface area contributed by atoms with E-state index < -0.39 is 0 Å². The van der Waals surface area contributed by atoms with Crippen molar-refractivity contribution in [1.29, 1.82) is 0 Å². The van der Waals surface area contributed by atoms with Gasteiger partial charge in [-0.2, -0.15) is 13.8 Å². The van der Waals surface area contributed by atoms with Crippen LogP contribution in [0.5, 0.6) is 0 Å². The third-order valence-electron chi connectivity index (χ3n) is 0.774. The Hall–Kier alpha value is 0.267. The summed E-state index contributed by atoms with van der Waals surface area (Å²) in [6.45, 7) is 10.0. The van der Waals surface area contributed by atoms with Crippen LogP contribution >= 0.6 is 0 Å². The van der Waals surface area contributed by atoms with Gasteiger partial charge in [-0.1, -0.05) is 30.3 Å². The van der Waals surface area contributed by atoms with Gasteiger partial charge in [-0.3, -0.25) is 0 Å². The molecule has 3 heteroatoms. The van der Waals surface area contributed by atoms with E-state index in [9.17, 15) is 0 Å². The van der Waals surface area contributed by atoms with Gasteiger partial charge in [-0.25, -0.2) is 0 Å². The monoisotopic (exact) mass is 278 g/mol. The predicted octanol–water partition coefficient (Wildman–Crippen LogP) is 4.05. The van der Waals surface area contributed by atoms with Crippen LogP contribution in [0, 0.1) is 13.8 Å². The van der Waals surface area contributed by atoms with E-state index in [1.807, 2.05) is 18.2 Å². The summed E-state index contributed by atoms with van der Waals surface area (Å²) >= 11 is 0. The first-order valence-corrected chi connectivity index (χ1v) is 3.57. The zero-order valence-corrected chi connectivity index (χ0v) is 14.6. The Kier molecular flexibility index (Phi) is 40.7. The smallest absolute Gasteiger partial charge is 0.699 e. The van der Waals surface area contributed by atoms with E-state index in [1.54, 1.807) is 26.0 Å². The Morgan fingerprint density at radius 3 is 1.38 bits per heavy atom. The molecule has 0 aliphatic carbocycles. The Bertz CT molecular complexity index is 143. The second-order valence-corrected chi connectivity index (χ2v) is 1.37. The van der Waals surface area contributed by atoms with Gasteiger partial charge in [0.1, 0.15) is 0 Å². The first kappa shape index (κ1) is 23.2. The fourth-order valence-electron chi connectivity index (χ4n) is 0.438. The van der Waals surface area contributed by atoms with Crippen LogP contribution < -0.4 is 0 Å². The van der Waals surface area contributed by atoms with Crippen LogP contribution in [0.4, 0.5) is 5.69 Å². The summed E-state index contributed by atoms with van der Waals surface area (Å²) in [7, 11) is 0. The maximum absolute atomic E-state index is 7.00. The quantitative estimate of drug-likeness (QED) is 0.506. The zero-order chi connectivity index (χ0) is 9.11. The molecule has 0 radical (unpaired) electrons. The van der Waals surface area contributed by atoms with Crippen LogP contribution in [-0.4, -0.2) is 0 Å². The Morgan fingerprint density at radius 2 is 1.23 bits per heavy atom. The molecule has 0 amide bonds. The first-order chi connectivity index (χ1) is 5.39. The summed E-state index contributed by atoms with van der Waals surface area (Å²) in [4.78, 5) is 0. The van der Waals surface area contributed by atoms with Crippen molar-refractivity contribution in [2.45, 2.75) is 13.8 Å². The van der Waals surface area contributed by atoms with Gasteiger partial charge in [0.2, 0.25) is 0 Å². The Balaban J connectivity index is -0.0000000607. The molecule has 0 unspecified atom stereocenters. The fourth-order valence-corrected chi connectivity index (χ4v) is 0.438. The molecule has 0 aliphatic rings. The van der Waals surface area contributed by atoms with Crippen molar-refractivity contribution in [2.24, 2.45) is 0 Å². The molecule has 0 fully saturated rings. The second kappa shape index (κ2) is 22.8. The van der Waals surface area contributed by atoms with Crippen molar-refractivity contribution in [3.8, 4) is 0 Å². The molecule has 1 rings (SSSR count). The third kappa shape index (κ3) is 18.9. The molecule has 1 aromatic rings. The van der Waals surface area contributed by atoms with Crippen LogP contribution in [0.3, 0.4) is 0 Å². The van der Waals surface area contributed by atoms with E-state index in [2.05, 4.69) is 13.8 Å². The number of hydrogen-bond acceptors (Lipinski definition) is 0. The van der Waals surface area contributed by atoms with Crippen molar-refractivity contribution in [3.63, 3.8) is 0 Å².